The lowest BCUT2D eigenvalue weighted by atomic mass is 10.1. The molecular formula is C21H17ClN4O4S. The molecule has 0 bridgehead atoms. The lowest BCUT2D eigenvalue weighted by Gasteiger charge is -2.25. The van der Waals surface area contributed by atoms with Gasteiger partial charge in [-0.25, -0.2) is 9.78 Å². The van der Waals surface area contributed by atoms with Crippen molar-refractivity contribution < 1.29 is 13.9 Å². The number of thiophene rings is 1. The first-order valence-corrected chi connectivity index (χ1v) is 10.9. The fourth-order valence-electron chi connectivity index (χ4n) is 3.79. The molecular weight excluding hydrogens is 440 g/mol. The highest BCUT2D eigenvalue weighted by atomic mass is 35.5. The standard InChI is InChI=1S/C21H17ClN4O4S/c1-2-29-21(28)26-6-5-12-15(9-26)31-20-16(12)19(27)24-18(25-20)13-8-10-7-11(22)3-4-14(10)30-17(13)23/h3-4,7-8,23H,2,5-6,9H2,1H3,(H,24,25,27). The maximum Gasteiger partial charge on any atom is 0.410 e. The van der Waals surface area contributed by atoms with Crippen LogP contribution in [-0.2, 0) is 17.7 Å². The fraction of sp³-hybridized carbons (Fsp3) is 0.238. The van der Waals surface area contributed by atoms with E-state index in [4.69, 9.17) is 26.2 Å². The number of aromatic nitrogens is 2. The van der Waals surface area contributed by atoms with Crippen molar-refractivity contribution in [2.75, 3.05) is 13.2 Å². The molecule has 0 fully saturated rings. The van der Waals surface area contributed by atoms with Crippen molar-refractivity contribution in [1.82, 2.24) is 14.9 Å². The smallest absolute Gasteiger partial charge is 0.410 e. The molecule has 1 amide bonds. The molecule has 10 heteroatoms. The van der Waals surface area contributed by atoms with Crippen LogP contribution in [0.4, 0.5) is 4.79 Å². The fourth-order valence-corrected chi connectivity index (χ4v) is 5.20. The van der Waals surface area contributed by atoms with Crippen LogP contribution in [0.25, 0.3) is 32.6 Å². The highest BCUT2D eigenvalue weighted by Gasteiger charge is 2.27. The van der Waals surface area contributed by atoms with E-state index in [1.165, 1.54) is 11.3 Å². The molecule has 4 aromatic rings. The normalized spacial score (nSPS) is 13.5. The van der Waals surface area contributed by atoms with Crippen molar-refractivity contribution in [3.05, 3.63) is 55.6 Å². The third-order valence-corrected chi connectivity index (χ3v) is 6.57. The number of carbonyl (C=O) groups excluding carboxylic acids is 1. The van der Waals surface area contributed by atoms with Crippen molar-refractivity contribution in [3.63, 3.8) is 0 Å². The van der Waals surface area contributed by atoms with Gasteiger partial charge < -0.3 is 19.0 Å². The van der Waals surface area contributed by atoms with Crippen LogP contribution in [0.1, 0.15) is 17.4 Å². The van der Waals surface area contributed by atoms with E-state index in [-0.39, 0.29) is 23.0 Å². The highest BCUT2D eigenvalue weighted by molar-refractivity contribution is 7.18. The number of hydrogen-bond donors (Lipinski definition) is 2. The van der Waals surface area contributed by atoms with Crippen LogP contribution >= 0.6 is 22.9 Å². The molecule has 8 nitrogen and oxygen atoms in total. The molecule has 0 atom stereocenters. The number of carbonyl (C=O) groups is 1. The van der Waals surface area contributed by atoms with Gasteiger partial charge in [-0.1, -0.05) is 11.6 Å². The first-order chi connectivity index (χ1) is 14.9. The zero-order valence-corrected chi connectivity index (χ0v) is 18.0. The summed E-state index contributed by atoms with van der Waals surface area (Å²) in [4.78, 5) is 35.6. The monoisotopic (exact) mass is 456 g/mol. The molecule has 0 radical (unpaired) electrons. The number of fused-ring (bicyclic) bond motifs is 4. The highest BCUT2D eigenvalue weighted by Crippen LogP contribution is 2.33. The lowest BCUT2D eigenvalue weighted by molar-refractivity contribution is 0.103. The Morgan fingerprint density at radius 3 is 3.06 bits per heavy atom. The molecule has 1 aromatic carbocycles. The first kappa shape index (κ1) is 19.8. The Balaban J connectivity index is 1.61. The predicted octanol–water partition coefficient (Wildman–Crippen LogP) is 4.05. The number of benzene rings is 1. The maximum atomic E-state index is 12.9. The molecule has 31 heavy (non-hydrogen) atoms. The van der Waals surface area contributed by atoms with E-state index in [0.29, 0.717) is 57.9 Å². The summed E-state index contributed by atoms with van der Waals surface area (Å²) in [6, 6.07) is 6.84. The largest absolute Gasteiger partial charge is 0.450 e. The molecule has 0 aliphatic carbocycles. The number of ether oxygens (including phenoxy) is 1. The van der Waals surface area contributed by atoms with Gasteiger partial charge in [0.15, 0.2) is 0 Å². The van der Waals surface area contributed by atoms with Crippen molar-refractivity contribution >= 4 is 50.2 Å². The third kappa shape index (κ3) is 3.39. The summed E-state index contributed by atoms with van der Waals surface area (Å²) in [6.07, 6.45) is 0.203. The third-order valence-electron chi connectivity index (χ3n) is 5.22. The van der Waals surface area contributed by atoms with Crippen molar-refractivity contribution in [2.24, 2.45) is 0 Å². The second kappa shape index (κ2) is 7.51. The van der Waals surface area contributed by atoms with E-state index < -0.39 is 0 Å². The Hall–Kier alpha value is -3.17. The summed E-state index contributed by atoms with van der Waals surface area (Å²) in [7, 11) is 0. The second-order valence-electron chi connectivity index (χ2n) is 7.14. The average molecular weight is 457 g/mol. The Morgan fingerprint density at radius 1 is 1.42 bits per heavy atom. The van der Waals surface area contributed by atoms with Gasteiger partial charge in [-0.05, 0) is 43.2 Å². The molecule has 3 aromatic heterocycles. The molecule has 0 saturated heterocycles. The molecule has 4 heterocycles. The van der Waals surface area contributed by atoms with Gasteiger partial charge in [0, 0.05) is 21.8 Å². The van der Waals surface area contributed by atoms with Gasteiger partial charge in [0.2, 0.25) is 5.55 Å². The van der Waals surface area contributed by atoms with Crippen LogP contribution in [0, 0.1) is 5.41 Å². The van der Waals surface area contributed by atoms with Gasteiger partial charge in [0.1, 0.15) is 16.2 Å². The second-order valence-corrected chi connectivity index (χ2v) is 8.66. The summed E-state index contributed by atoms with van der Waals surface area (Å²) in [6.45, 7) is 2.96. The van der Waals surface area contributed by atoms with Gasteiger partial charge in [-0.3, -0.25) is 10.2 Å². The van der Waals surface area contributed by atoms with Gasteiger partial charge in [-0.2, -0.15) is 0 Å². The van der Waals surface area contributed by atoms with Crippen LogP contribution in [0.5, 0.6) is 0 Å². The first-order valence-electron chi connectivity index (χ1n) is 9.69. The number of nitrogens with zero attached hydrogens (tertiary/aromatic N) is 2. The minimum absolute atomic E-state index is 0.105. The Bertz CT molecular complexity index is 1470. The van der Waals surface area contributed by atoms with Crippen LogP contribution in [0.15, 0.2) is 33.5 Å². The predicted molar refractivity (Wildman–Crippen MR) is 117 cm³/mol. The minimum Gasteiger partial charge on any atom is -0.450 e. The van der Waals surface area contributed by atoms with E-state index in [9.17, 15) is 9.59 Å². The van der Waals surface area contributed by atoms with E-state index in [1.807, 2.05) is 0 Å². The zero-order chi connectivity index (χ0) is 21.7. The topological polar surface area (TPSA) is 112 Å². The van der Waals surface area contributed by atoms with Crippen molar-refractivity contribution in [2.45, 2.75) is 19.9 Å². The maximum absolute atomic E-state index is 12.9. The quantitative estimate of drug-likeness (QED) is 0.472. The molecule has 2 N–H and O–H groups in total. The molecule has 0 unspecified atom stereocenters. The van der Waals surface area contributed by atoms with Crippen LogP contribution in [-0.4, -0.2) is 34.1 Å². The van der Waals surface area contributed by atoms with Gasteiger partial charge in [0.25, 0.3) is 5.56 Å². The Morgan fingerprint density at radius 2 is 2.26 bits per heavy atom. The molecule has 1 aliphatic rings. The van der Waals surface area contributed by atoms with Crippen LogP contribution < -0.4 is 11.1 Å². The van der Waals surface area contributed by atoms with E-state index in [0.717, 1.165) is 10.4 Å². The number of rotatable bonds is 2. The van der Waals surface area contributed by atoms with Crippen molar-refractivity contribution in [1.29, 1.82) is 5.41 Å². The number of amides is 1. The van der Waals surface area contributed by atoms with Crippen molar-refractivity contribution in [3.8, 4) is 11.4 Å². The average Bonchev–Trinajstić information content (AvgIpc) is 3.11. The Kier molecular flexibility index (Phi) is 4.79. The van der Waals surface area contributed by atoms with E-state index >= 15 is 0 Å². The summed E-state index contributed by atoms with van der Waals surface area (Å²) in [5, 5.41) is 10.0. The number of hydrogen-bond acceptors (Lipinski definition) is 7. The lowest BCUT2D eigenvalue weighted by Crippen LogP contribution is -2.35. The van der Waals surface area contributed by atoms with E-state index in [2.05, 4.69) is 9.97 Å². The number of nitrogens with one attached hydrogen (secondary N) is 2. The SMILES string of the molecule is CCOC(=O)N1CCc2c(sc3nc(-c4cc5cc(Cl)ccc5oc4=N)[nH]c(=O)c23)C1. The van der Waals surface area contributed by atoms with Gasteiger partial charge in [-0.15, -0.1) is 11.3 Å². The summed E-state index contributed by atoms with van der Waals surface area (Å²) in [5.74, 6) is 0.258. The minimum atomic E-state index is -0.358. The molecule has 158 valence electrons. The summed E-state index contributed by atoms with van der Waals surface area (Å²) >= 11 is 7.46. The molecule has 0 saturated carbocycles. The van der Waals surface area contributed by atoms with Crippen LogP contribution in [0.2, 0.25) is 5.02 Å². The van der Waals surface area contributed by atoms with Gasteiger partial charge in [0.05, 0.1) is 24.1 Å². The van der Waals surface area contributed by atoms with Crippen LogP contribution in [0.3, 0.4) is 0 Å². The molecule has 5 rings (SSSR count). The number of aromatic amines is 1. The van der Waals surface area contributed by atoms with E-state index in [1.54, 1.807) is 36.1 Å². The zero-order valence-electron chi connectivity index (χ0n) is 16.5. The summed E-state index contributed by atoms with van der Waals surface area (Å²) in [5.41, 5.74) is 1.43. The molecule has 1 aliphatic heterocycles. The number of halogens is 1. The Labute approximate surface area is 184 Å². The number of H-pyrrole nitrogens is 1. The van der Waals surface area contributed by atoms with Gasteiger partial charge >= 0.3 is 6.09 Å². The summed E-state index contributed by atoms with van der Waals surface area (Å²) < 4.78 is 10.7. The molecule has 0 spiro atoms.